The highest BCUT2D eigenvalue weighted by molar-refractivity contribution is 6.43. The van der Waals surface area contributed by atoms with E-state index in [1.807, 2.05) is 31.4 Å². The monoisotopic (exact) mass is 245 g/mol. The maximum absolute atomic E-state index is 11.6. The molecule has 0 N–H and O–H groups in total. The van der Waals surface area contributed by atoms with E-state index in [1.165, 1.54) is 5.57 Å². The summed E-state index contributed by atoms with van der Waals surface area (Å²) in [6, 6.07) is 0.257. The van der Waals surface area contributed by atoms with E-state index in [1.54, 1.807) is 0 Å². The number of carbonyl (C=O) groups excluding carboxylic acids is 1. The van der Waals surface area contributed by atoms with Crippen LogP contribution in [-0.4, -0.2) is 23.8 Å². The lowest BCUT2D eigenvalue weighted by Crippen LogP contribution is -2.36. The molecule has 2 aliphatic carbocycles. The van der Waals surface area contributed by atoms with E-state index >= 15 is 0 Å². The second-order valence-corrected chi connectivity index (χ2v) is 4.77. The van der Waals surface area contributed by atoms with Crippen molar-refractivity contribution in [1.29, 1.82) is 0 Å². The van der Waals surface area contributed by atoms with Gasteiger partial charge in [0.05, 0.1) is 11.1 Å². The van der Waals surface area contributed by atoms with Crippen LogP contribution < -0.4 is 0 Å². The van der Waals surface area contributed by atoms with Gasteiger partial charge in [0.15, 0.2) is 5.78 Å². The molecular weight excluding hydrogens is 234 g/mol. The lowest BCUT2D eigenvalue weighted by Gasteiger charge is -2.38. The van der Waals surface area contributed by atoms with Gasteiger partial charge in [-0.2, -0.15) is 0 Å². The summed E-state index contributed by atoms with van der Waals surface area (Å²) in [5, 5.41) is 0.364. The second kappa shape index (κ2) is 3.74. The van der Waals surface area contributed by atoms with Crippen LogP contribution in [0.4, 0.5) is 0 Å². The Labute approximate surface area is 105 Å². The summed E-state index contributed by atoms with van der Waals surface area (Å²) in [5.74, 6) is 0.00412. The fraction of sp³-hybridized carbons (Fsp3) is 0.214. The van der Waals surface area contributed by atoms with Crippen molar-refractivity contribution in [1.82, 2.24) is 4.90 Å². The van der Waals surface area contributed by atoms with Crippen LogP contribution >= 0.6 is 11.6 Å². The largest absolute Gasteiger partial charge is 0.364 e. The Morgan fingerprint density at radius 1 is 1.41 bits per heavy atom. The molecule has 1 unspecified atom stereocenters. The van der Waals surface area contributed by atoms with E-state index in [-0.39, 0.29) is 11.8 Å². The van der Waals surface area contributed by atoms with Crippen LogP contribution in [0.3, 0.4) is 0 Å². The van der Waals surface area contributed by atoms with E-state index in [0.717, 1.165) is 11.3 Å². The van der Waals surface area contributed by atoms with Gasteiger partial charge in [-0.05, 0) is 11.6 Å². The fourth-order valence-corrected chi connectivity index (χ4v) is 2.70. The molecule has 0 aromatic heterocycles. The molecule has 86 valence electrons. The molecule has 3 rings (SSSR count). The summed E-state index contributed by atoms with van der Waals surface area (Å²) in [5.41, 5.74) is 3.09. The number of halogens is 1. The summed E-state index contributed by atoms with van der Waals surface area (Å²) in [6.07, 6.45) is 12.6. The third-order valence-electron chi connectivity index (χ3n) is 3.38. The molecule has 0 amide bonds. The molecule has 1 heterocycles. The van der Waals surface area contributed by atoms with Crippen molar-refractivity contribution in [3.05, 3.63) is 58.3 Å². The van der Waals surface area contributed by atoms with E-state index in [4.69, 9.17) is 11.6 Å². The van der Waals surface area contributed by atoms with Crippen LogP contribution in [0.2, 0.25) is 0 Å². The first-order chi connectivity index (χ1) is 8.18. The number of allylic oxidation sites excluding steroid dienone is 5. The first kappa shape index (κ1) is 10.6. The van der Waals surface area contributed by atoms with Gasteiger partial charge in [0, 0.05) is 24.7 Å². The highest BCUT2D eigenvalue weighted by atomic mass is 35.5. The Morgan fingerprint density at radius 3 is 3.06 bits per heavy atom. The molecule has 0 aromatic carbocycles. The quantitative estimate of drug-likeness (QED) is 0.654. The van der Waals surface area contributed by atoms with Crippen molar-refractivity contribution in [2.75, 3.05) is 7.05 Å². The highest BCUT2D eigenvalue weighted by Crippen LogP contribution is 2.37. The van der Waals surface area contributed by atoms with E-state index in [9.17, 15) is 4.79 Å². The number of likely N-dealkylation sites (N-methyl/N-ethyl adjacent to an activating group) is 1. The standard InChI is InChI=1S/C14H12ClNO/c1-16-11-5-3-2-4-9(11)8-10-12(16)6-7-13(17)14(10)15/h2-6,8,11H,7H2,1H3. The van der Waals surface area contributed by atoms with Crippen LogP contribution in [0.5, 0.6) is 0 Å². The average Bonchev–Trinajstić information content (AvgIpc) is 2.35. The summed E-state index contributed by atoms with van der Waals surface area (Å²) >= 11 is 6.11. The van der Waals surface area contributed by atoms with Gasteiger partial charge in [-0.1, -0.05) is 42.0 Å². The van der Waals surface area contributed by atoms with Gasteiger partial charge in [0.2, 0.25) is 0 Å². The zero-order chi connectivity index (χ0) is 12.0. The Balaban J connectivity index is 2.18. The minimum absolute atomic E-state index is 0.00412. The molecule has 0 saturated carbocycles. The third-order valence-corrected chi connectivity index (χ3v) is 3.80. The Bertz CT molecular complexity index is 549. The Kier molecular flexibility index (Phi) is 2.33. The van der Waals surface area contributed by atoms with Crippen LogP contribution in [-0.2, 0) is 4.79 Å². The number of Topliss-reactive ketones (excluding diaryl/α,β-unsaturated/α-hetero) is 1. The molecule has 0 aromatic rings. The van der Waals surface area contributed by atoms with Crippen molar-refractivity contribution >= 4 is 17.4 Å². The fourth-order valence-electron chi connectivity index (χ4n) is 2.47. The first-order valence-electron chi connectivity index (χ1n) is 5.61. The number of nitrogens with zero attached hydrogens (tertiary/aromatic N) is 1. The Hall–Kier alpha value is -1.54. The first-order valence-corrected chi connectivity index (χ1v) is 5.99. The number of rotatable bonds is 0. The number of hydrogen-bond acceptors (Lipinski definition) is 2. The topological polar surface area (TPSA) is 20.3 Å². The maximum atomic E-state index is 11.6. The van der Waals surface area contributed by atoms with Crippen LogP contribution in [0.25, 0.3) is 0 Å². The number of fused-ring (bicyclic) bond motifs is 2. The normalized spacial score (nSPS) is 26.6. The summed E-state index contributed by atoms with van der Waals surface area (Å²) < 4.78 is 0. The molecule has 3 aliphatic rings. The minimum Gasteiger partial charge on any atom is -0.364 e. The zero-order valence-electron chi connectivity index (χ0n) is 9.48. The molecular formula is C14H12ClNO. The highest BCUT2D eigenvalue weighted by Gasteiger charge is 2.30. The smallest absolute Gasteiger partial charge is 0.178 e. The van der Waals surface area contributed by atoms with Crippen molar-refractivity contribution < 1.29 is 4.79 Å². The lowest BCUT2D eigenvalue weighted by molar-refractivity contribution is -0.114. The van der Waals surface area contributed by atoms with Gasteiger partial charge in [-0.15, -0.1) is 0 Å². The summed E-state index contributed by atoms with van der Waals surface area (Å²) in [7, 11) is 2.03. The van der Waals surface area contributed by atoms with E-state index < -0.39 is 0 Å². The average molecular weight is 246 g/mol. The van der Waals surface area contributed by atoms with E-state index in [2.05, 4.69) is 17.1 Å². The molecule has 2 nitrogen and oxygen atoms in total. The third kappa shape index (κ3) is 1.52. The number of carbonyl (C=O) groups is 1. The molecule has 0 radical (unpaired) electrons. The number of hydrogen-bond donors (Lipinski definition) is 0. The predicted molar refractivity (Wildman–Crippen MR) is 68.5 cm³/mol. The molecule has 0 fully saturated rings. The molecule has 3 heteroatoms. The van der Waals surface area contributed by atoms with Gasteiger partial charge in [-0.3, -0.25) is 4.79 Å². The van der Waals surface area contributed by atoms with Gasteiger partial charge in [-0.25, -0.2) is 0 Å². The van der Waals surface area contributed by atoms with Crippen molar-refractivity contribution in [3.63, 3.8) is 0 Å². The molecule has 0 spiro atoms. The molecule has 1 aliphatic heterocycles. The van der Waals surface area contributed by atoms with Crippen molar-refractivity contribution in [2.24, 2.45) is 0 Å². The maximum Gasteiger partial charge on any atom is 0.178 e. The van der Waals surface area contributed by atoms with Crippen LogP contribution in [0, 0.1) is 0 Å². The van der Waals surface area contributed by atoms with Crippen molar-refractivity contribution in [2.45, 2.75) is 12.5 Å². The van der Waals surface area contributed by atoms with Gasteiger partial charge >= 0.3 is 0 Å². The Morgan fingerprint density at radius 2 is 2.24 bits per heavy atom. The van der Waals surface area contributed by atoms with Crippen LogP contribution in [0.15, 0.2) is 58.3 Å². The molecule has 0 saturated heterocycles. The molecule has 0 bridgehead atoms. The zero-order valence-corrected chi connectivity index (χ0v) is 10.2. The minimum atomic E-state index is 0.00412. The van der Waals surface area contributed by atoms with E-state index in [0.29, 0.717) is 11.5 Å². The molecule has 1 atom stereocenters. The SMILES string of the molecule is CN1C2=CCC(=O)C(Cl)=C2C=C2C=CC=CC21. The second-order valence-electron chi connectivity index (χ2n) is 4.39. The molecule has 17 heavy (non-hydrogen) atoms. The van der Waals surface area contributed by atoms with Gasteiger partial charge in [0.25, 0.3) is 0 Å². The lowest BCUT2D eigenvalue weighted by atomic mass is 9.88. The van der Waals surface area contributed by atoms with Crippen molar-refractivity contribution in [3.8, 4) is 0 Å². The van der Waals surface area contributed by atoms with Crippen LogP contribution in [0.1, 0.15) is 6.42 Å². The predicted octanol–water partition coefficient (Wildman–Crippen LogP) is 2.70. The number of ketones is 1. The van der Waals surface area contributed by atoms with Gasteiger partial charge in [0.1, 0.15) is 0 Å². The summed E-state index contributed by atoms with van der Waals surface area (Å²) in [6.45, 7) is 0. The van der Waals surface area contributed by atoms with Gasteiger partial charge < -0.3 is 4.90 Å². The summed E-state index contributed by atoms with van der Waals surface area (Å²) in [4.78, 5) is 13.8.